The third kappa shape index (κ3) is 3.26. The average Bonchev–Trinajstić information content (AvgIpc) is 2.45. The summed E-state index contributed by atoms with van der Waals surface area (Å²) in [6, 6.07) is 12.5. The summed E-state index contributed by atoms with van der Waals surface area (Å²) in [5, 5.41) is 10.7. The van der Waals surface area contributed by atoms with Crippen LogP contribution in [0.3, 0.4) is 0 Å². The van der Waals surface area contributed by atoms with Gasteiger partial charge in [0.1, 0.15) is 18.0 Å². The monoisotopic (exact) mass is 272 g/mol. The van der Waals surface area contributed by atoms with Crippen LogP contribution >= 0.6 is 0 Å². The van der Waals surface area contributed by atoms with E-state index in [0.717, 1.165) is 17.7 Å². The molecule has 0 aliphatic rings. The fraction of sp³-hybridized carbons (Fsp3) is 0.200. The second-order valence-electron chi connectivity index (χ2n) is 4.44. The number of nitro groups is 1. The molecular weight excluding hydrogens is 256 g/mol. The number of nitrogens with zero attached hydrogens (tertiary/aromatic N) is 1. The van der Waals surface area contributed by atoms with Crippen molar-refractivity contribution in [2.45, 2.75) is 20.0 Å². The maximum absolute atomic E-state index is 10.7. The molecule has 20 heavy (non-hydrogen) atoms. The summed E-state index contributed by atoms with van der Waals surface area (Å²) in [6.45, 7) is 2.41. The first-order chi connectivity index (χ1) is 9.60. The van der Waals surface area contributed by atoms with Gasteiger partial charge in [-0.2, -0.15) is 0 Å². The Kier molecular flexibility index (Phi) is 4.20. The van der Waals surface area contributed by atoms with Crippen molar-refractivity contribution in [1.29, 1.82) is 0 Å². The molecule has 0 heterocycles. The van der Waals surface area contributed by atoms with E-state index < -0.39 is 4.92 Å². The van der Waals surface area contributed by atoms with Gasteiger partial charge in [0.05, 0.1) is 4.92 Å². The van der Waals surface area contributed by atoms with Crippen LogP contribution in [0, 0.1) is 10.1 Å². The second-order valence-corrected chi connectivity index (χ2v) is 4.44. The highest BCUT2D eigenvalue weighted by molar-refractivity contribution is 5.59. The zero-order chi connectivity index (χ0) is 14.5. The molecule has 0 spiro atoms. The zero-order valence-corrected chi connectivity index (χ0v) is 11.2. The zero-order valence-electron chi connectivity index (χ0n) is 11.2. The van der Waals surface area contributed by atoms with E-state index in [9.17, 15) is 10.1 Å². The van der Waals surface area contributed by atoms with Gasteiger partial charge in [0.2, 0.25) is 0 Å². The third-order valence-corrected chi connectivity index (χ3v) is 3.00. The number of ether oxygens (including phenoxy) is 1. The smallest absolute Gasteiger partial charge is 0.292 e. The van der Waals surface area contributed by atoms with E-state index in [2.05, 4.69) is 6.92 Å². The first kappa shape index (κ1) is 13.9. The molecule has 0 aliphatic heterocycles. The lowest BCUT2D eigenvalue weighted by Gasteiger charge is -2.08. The predicted octanol–water partition coefficient (Wildman–Crippen LogP) is 3.32. The standard InChI is InChI=1S/C15H16N2O3/c1-2-11-4-3-5-13(8-11)20-10-12-6-7-15(17(18)19)14(16)9-12/h3-9H,2,10,16H2,1H3. The molecule has 5 nitrogen and oxygen atoms in total. The Morgan fingerprint density at radius 1 is 1.20 bits per heavy atom. The number of nitro benzene ring substituents is 1. The van der Waals surface area contributed by atoms with Crippen LogP contribution in [0.15, 0.2) is 42.5 Å². The quantitative estimate of drug-likeness (QED) is 0.514. The first-order valence-corrected chi connectivity index (χ1v) is 6.34. The summed E-state index contributed by atoms with van der Waals surface area (Å²) in [4.78, 5) is 10.2. The van der Waals surface area contributed by atoms with Crippen LogP contribution in [0.2, 0.25) is 0 Å². The van der Waals surface area contributed by atoms with Crippen LogP contribution in [0.1, 0.15) is 18.1 Å². The minimum Gasteiger partial charge on any atom is -0.489 e. The molecule has 2 N–H and O–H groups in total. The summed E-state index contributed by atoms with van der Waals surface area (Å²) in [6.07, 6.45) is 0.946. The number of rotatable bonds is 5. The Bertz CT molecular complexity index is 626. The number of aryl methyl sites for hydroxylation is 1. The second kappa shape index (κ2) is 6.06. The van der Waals surface area contributed by atoms with Crippen molar-refractivity contribution in [3.63, 3.8) is 0 Å². The normalized spacial score (nSPS) is 10.2. The summed E-state index contributed by atoms with van der Waals surface area (Å²) in [5.41, 5.74) is 7.71. The fourth-order valence-corrected chi connectivity index (χ4v) is 1.88. The molecule has 0 radical (unpaired) electrons. The maximum Gasteiger partial charge on any atom is 0.292 e. The molecule has 0 fully saturated rings. The molecule has 0 aliphatic carbocycles. The van der Waals surface area contributed by atoms with Gasteiger partial charge in [0.15, 0.2) is 0 Å². The van der Waals surface area contributed by atoms with E-state index in [1.165, 1.54) is 11.6 Å². The average molecular weight is 272 g/mol. The number of nitrogen functional groups attached to an aromatic ring is 1. The summed E-state index contributed by atoms with van der Waals surface area (Å²) >= 11 is 0. The molecule has 2 rings (SSSR count). The lowest BCUT2D eigenvalue weighted by Crippen LogP contribution is -2.00. The minimum absolute atomic E-state index is 0.0817. The van der Waals surface area contributed by atoms with Crippen molar-refractivity contribution in [3.05, 3.63) is 63.7 Å². The Morgan fingerprint density at radius 3 is 2.65 bits per heavy atom. The van der Waals surface area contributed by atoms with Gasteiger partial charge in [0.25, 0.3) is 5.69 Å². The molecule has 0 aromatic heterocycles. The van der Waals surface area contributed by atoms with Crippen LogP contribution in [0.4, 0.5) is 11.4 Å². The van der Waals surface area contributed by atoms with Crippen LogP contribution in [-0.4, -0.2) is 4.92 Å². The Balaban J connectivity index is 2.07. The van der Waals surface area contributed by atoms with Gasteiger partial charge < -0.3 is 10.5 Å². The minimum atomic E-state index is -0.495. The molecular formula is C15H16N2O3. The predicted molar refractivity (Wildman–Crippen MR) is 77.7 cm³/mol. The molecule has 2 aromatic rings. The largest absolute Gasteiger partial charge is 0.489 e. The Labute approximate surface area is 117 Å². The van der Waals surface area contributed by atoms with Crippen LogP contribution in [0.25, 0.3) is 0 Å². The van der Waals surface area contributed by atoms with Gasteiger partial charge in [-0.3, -0.25) is 10.1 Å². The number of anilines is 1. The van der Waals surface area contributed by atoms with E-state index in [-0.39, 0.29) is 11.4 Å². The molecule has 5 heteroatoms. The molecule has 0 amide bonds. The highest BCUT2D eigenvalue weighted by Gasteiger charge is 2.11. The van der Waals surface area contributed by atoms with Crippen LogP contribution < -0.4 is 10.5 Å². The maximum atomic E-state index is 10.7. The van der Waals surface area contributed by atoms with Crippen molar-refractivity contribution in [2.24, 2.45) is 0 Å². The highest BCUT2D eigenvalue weighted by atomic mass is 16.6. The molecule has 104 valence electrons. The number of benzene rings is 2. The van der Waals surface area contributed by atoms with E-state index in [1.54, 1.807) is 12.1 Å². The van der Waals surface area contributed by atoms with Gasteiger partial charge in [-0.1, -0.05) is 19.1 Å². The van der Waals surface area contributed by atoms with E-state index in [4.69, 9.17) is 10.5 Å². The molecule has 0 saturated carbocycles. The van der Waals surface area contributed by atoms with Crippen molar-refractivity contribution in [2.75, 3.05) is 5.73 Å². The molecule has 0 atom stereocenters. The van der Waals surface area contributed by atoms with Crippen molar-refractivity contribution >= 4 is 11.4 Å². The molecule has 0 bridgehead atoms. The highest BCUT2D eigenvalue weighted by Crippen LogP contribution is 2.23. The number of nitrogens with two attached hydrogens (primary N) is 1. The lowest BCUT2D eigenvalue weighted by molar-refractivity contribution is -0.383. The van der Waals surface area contributed by atoms with Crippen molar-refractivity contribution in [1.82, 2.24) is 0 Å². The fourth-order valence-electron chi connectivity index (χ4n) is 1.88. The van der Waals surface area contributed by atoms with Gasteiger partial charge in [-0.15, -0.1) is 0 Å². The lowest BCUT2D eigenvalue weighted by atomic mass is 10.1. The summed E-state index contributed by atoms with van der Waals surface area (Å²) in [7, 11) is 0. The van der Waals surface area contributed by atoms with Crippen LogP contribution in [0.5, 0.6) is 5.75 Å². The van der Waals surface area contributed by atoms with E-state index in [1.807, 2.05) is 24.3 Å². The van der Waals surface area contributed by atoms with E-state index >= 15 is 0 Å². The number of hydrogen-bond donors (Lipinski definition) is 1. The first-order valence-electron chi connectivity index (χ1n) is 6.34. The van der Waals surface area contributed by atoms with Crippen molar-refractivity contribution in [3.8, 4) is 5.75 Å². The molecule has 0 saturated heterocycles. The van der Waals surface area contributed by atoms with Crippen molar-refractivity contribution < 1.29 is 9.66 Å². The Morgan fingerprint density at radius 2 is 2.00 bits per heavy atom. The van der Waals surface area contributed by atoms with Gasteiger partial charge >= 0.3 is 0 Å². The molecule has 2 aromatic carbocycles. The third-order valence-electron chi connectivity index (χ3n) is 3.00. The summed E-state index contributed by atoms with van der Waals surface area (Å²) in [5.74, 6) is 0.779. The summed E-state index contributed by atoms with van der Waals surface area (Å²) < 4.78 is 5.66. The van der Waals surface area contributed by atoms with Gasteiger partial charge in [0, 0.05) is 6.07 Å². The van der Waals surface area contributed by atoms with Gasteiger partial charge in [-0.25, -0.2) is 0 Å². The van der Waals surface area contributed by atoms with Crippen LogP contribution in [-0.2, 0) is 13.0 Å². The number of hydrogen-bond acceptors (Lipinski definition) is 4. The molecule has 0 unspecified atom stereocenters. The van der Waals surface area contributed by atoms with Gasteiger partial charge in [-0.05, 0) is 41.8 Å². The topological polar surface area (TPSA) is 78.4 Å². The van der Waals surface area contributed by atoms with E-state index in [0.29, 0.717) is 6.61 Å². The Hall–Kier alpha value is -2.56. The SMILES string of the molecule is CCc1cccc(OCc2ccc([N+](=O)[O-])c(N)c2)c1.